The van der Waals surface area contributed by atoms with E-state index < -0.39 is 5.97 Å². The fourth-order valence-corrected chi connectivity index (χ4v) is 2.63. The van der Waals surface area contributed by atoms with Gasteiger partial charge in [0.05, 0.1) is 7.11 Å². The Labute approximate surface area is 128 Å². The maximum absolute atomic E-state index is 11.6. The van der Waals surface area contributed by atoms with Crippen molar-refractivity contribution in [2.45, 2.75) is 31.7 Å². The van der Waals surface area contributed by atoms with Gasteiger partial charge in [0.15, 0.2) is 17.1 Å². The Morgan fingerprint density at radius 3 is 2.55 bits per heavy atom. The van der Waals surface area contributed by atoms with E-state index in [4.69, 9.17) is 9.26 Å². The van der Waals surface area contributed by atoms with E-state index in [1.807, 2.05) is 0 Å². The lowest BCUT2D eigenvalue weighted by atomic mass is 9.78. The Morgan fingerprint density at radius 1 is 1.36 bits per heavy atom. The molecule has 0 spiro atoms. The van der Waals surface area contributed by atoms with Crippen molar-refractivity contribution < 1.29 is 19.2 Å². The largest absolute Gasteiger partial charge is 0.497 e. The van der Waals surface area contributed by atoms with Gasteiger partial charge >= 0.3 is 5.97 Å². The van der Waals surface area contributed by atoms with E-state index in [0.717, 1.165) is 19.3 Å². The second-order valence-corrected chi connectivity index (χ2v) is 5.81. The molecule has 1 aromatic carbocycles. The van der Waals surface area contributed by atoms with E-state index in [1.54, 1.807) is 31.4 Å². The first-order valence-electron chi connectivity index (χ1n) is 7.18. The van der Waals surface area contributed by atoms with E-state index in [0.29, 0.717) is 17.1 Å². The summed E-state index contributed by atoms with van der Waals surface area (Å²) < 4.78 is 10.4. The number of carbonyl (C=O) groups is 1. The van der Waals surface area contributed by atoms with Crippen molar-refractivity contribution in [3.63, 3.8) is 0 Å². The third-order valence-corrected chi connectivity index (χ3v) is 4.14. The topological polar surface area (TPSA) is 84.6 Å². The van der Waals surface area contributed by atoms with Crippen LogP contribution in [0.15, 0.2) is 28.8 Å². The second-order valence-electron chi connectivity index (χ2n) is 5.81. The number of benzene rings is 1. The van der Waals surface area contributed by atoms with Crippen molar-refractivity contribution in [2.24, 2.45) is 0 Å². The van der Waals surface area contributed by atoms with Gasteiger partial charge in [0.1, 0.15) is 5.75 Å². The standard InChI is InChI=1S/C16H18N2O4/c1-16(8-3-9-16)17-14-12(15(19)20)13(22-18-14)10-4-6-11(21-2)7-5-10/h4-7H,3,8-9H2,1-2H3,(H,17,18)(H,19,20). The van der Waals surface area contributed by atoms with Crippen LogP contribution >= 0.6 is 0 Å². The molecule has 116 valence electrons. The predicted octanol–water partition coefficient (Wildman–Crippen LogP) is 3.40. The molecule has 0 radical (unpaired) electrons. The van der Waals surface area contributed by atoms with Gasteiger partial charge in [-0.25, -0.2) is 4.79 Å². The quantitative estimate of drug-likeness (QED) is 0.880. The molecule has 2 N–H and O–H groups in total. The highest BCUT2D eigenvalue weighted by Gasteiger charge is 2.35. The summed E-state index contributed by atoms with van der Waals surface area (Å²) in [4.78, 5) is 11.6. The number of rotatable bonds is 5. The number of hydrogen-bond donors (Lipinski definition) is 2. The zero-order valence-corrected chi connectivity index (χ0v) is 12.5. The number of ether oxygens (including phenoxy) is 1. The first kappa shape index (κ1) is 14.4. The van der Waals surface area contributed by atoms with E-state index in [2.05, 4.69) is 17.4 Å². The predicted molar refractivity (Wildman–Crippen MR) is 81.3 cm³/mol. The number of nitrogens with one attached hydrogen (secondary N) is 1. The molecule has 22 heavy (non-hydrogen) atoms. The molecule has 1 aliphatic rings. The maximum Gasteiger partial charge on any atom is 0.343 e. The van der Waals surface area contributed by atoms with Crippen molar-refractivity contribution in [1.82, 2.24) is 5.16 Å². The maximum atomic E-state index is 11.6. The van der Waals surface area contributed by atoms with Crippen LogP contribution in [0.25, 0.3) is 11.3 Å². The monoisotopic (exact) mass is 302 g/mol. The minimum Gasteiger partial charge on any atom is -0.497 e. The summed E-state index contributed by atoms with van der Waals surface area (Å²) in [7, 11) is 1.58. The van der Waals surface area contributed by atoms with Gasteiger partial charge in [0.25, 0.3) is 0 Å². The van der Waals surface area contributed by atoms with Crippen LogP contribution in [0.4, 0.5) is 5.82 Å². The molecule has 0 bridgehead atoms. The van der Waals surface area contributed by atoms with Crippen LogP contribution in [-0.2, 0) is 0 Å². The highest BCUT2D eigenvalue weighted by molar-refractivity contribution is 5.99. The SMILES string of the molecule is COc1ccc(-c2onc(NC3(C)CCC3)c2C(=O)O)cc1. The fourth-order valence-electron chi connectivity index (χ4n) is 2.63. The number of methoxy groups -OCH3 is 1. The molecule has 1 heterocycles. The molecule has 3 rings (SSSR count). The minimum absolute atomic E-state index is 0.0679. The summed E-state index contributed by atoms with van der Waals surface area (Å²) in [6.07, 6.45) is 3.13. The Balaban J connectivity index is 1.96. The zero-order chi connectivity index (χ0) is 15.7. The van der Waals surface area contributed by atoms with Crippen LogP contribution in [0.1, 0.15) is 36.5 Å². The number of carboxylic acids is 1. The van der Waals surface area contributed by atoms with Gasteiger partial charge in [-0.05, 0) is 50.5 Å². The van der Waals surface area contributed by atoms with Gasteiger partial charge in [0, 0.05) is 11.1 Å². The average molecular weight is 302 g/mol. The first-order valence-corrected chi connectivity index (χ1v) is 7.18. The summed E-state index contributed by atoms with van der Waals surface area (Å²) in [5.74, 6) is 0.180. The van der Waals surface area contributed by atoms with Crippen molar-refractivity contribution in [3.05, 3.63) is 29.8 Å². The van der Waals surface area contributed by atoms with Crippen LogP contribution < -0.4 is 10.1 Å². The molecular formula is C16H18N2O4. The Kier molecular flexibility index (Phi) is 3.52. The minimum atomic E-state index is -1.06. The fraction of sp³-hybridized carbons (Fsp3) is 0.375. The molecule has 0 amide bonds. The van der Waals surface area contributed by atoms with Crippen LogP contribution in [0, 0.1) is 0 Å². The lowest BCUT2D eigenvalue weighted by Crippen LogP contribution is -2.42. The van der Waals surface area contributed by atoms with Gasteiger partial charge < -0.3 is 19.7 Å². The van der Waals surface area contributed by atoms with Crippen LogP contribution in [0.2, 0.25) is 0 Å². The number of aromatic nitrogens is 1. The molecule has 0 atom stereocenters. The van der Waals surface area contributed by atoms with Crippen molar-refractivity contribution >= 4 is 11.8 Å². The molecule has 6 nitrogen and oxygen atoms in total. The van der Waals surface area contributed by atoms with Gasteiger partial charge in [0.2, 0.25) is 0 Å². The summed E-state index contributed by atoms with van der Waals surface area (Å²) in [6.45, 7) is 2.06. The molecule has 1 aliphatic carbocycles. The second kappa shape index (κ2) is 5.36. The molecule has 1 fully saturated rings. The van der Waals surface area contributed by atoms with Gasteiger partial charge in [-0.15, -0.1) is 0 Å². The Hall–Kier alpha value is -2.50. The number of carboxylic acid groups (broad SMARTS) is 1. The van der Waals surface area contributed by atoms with Crippen molar-refractivity contribution in [1.29, 1.82) is 0 Å². The van der Waals surface area contributed by atoms with Crippen molar-refractivity contribution in [3.8, 4) is 17.1 Å². The van der Waals surface area contributed by atoms with Crippen LogP contribution in [0.3, 0.4) is 0 Å². The molecule has 0 saturated heterocycles. The van der Waals surface area contributed by atoms with Crippen LogP contribution in [0.5, 0.6) is 5.75 Å². The molecule has 6 heteroatoms. The van der Waals surface area contributed by atoms with E-state index >= 15 is 0 Å². The normalized spacial score (nSPS) is 15.9. The number of nitrogens with zero attached hydrogens (tertiary/aromatic N) is 1. The number of aromatic carboxylic acids is 1. The van der Waals surface area contributed by atoms with E-state index in [9.17, 15) is 9.90 Å². The molecule has 2 aromatic rings. The van der Waals surface area contributed by atoms with Crippen molar-refractivity contribution in [2.75, 3.05) is 12.4 Å². The molecular weight excluding hydrogens is 284 g/mol. The molecule has 0 unspecified atom stereocenters. The average Bonchev–Trinajstić information content (AvgIpc) is 2.89. The highest BCUT2D eigenvalue weighted by Crippen LogP contribution is 2.37. The lowest BCUT2D eigenvalue weighted by molar-refractivity contribution is 0.0698. The lowest BCUT2D eigenvalue weighted by Gasteiger charge is -2.39. The smallest absolute Gasteiger partial charge is 0.343 e. The molecule has 0 aliphatic heterocycles. The van der Waals surface area contributed by atoms with Gasteiger partial charge in [-0.3, -0.25) is 0 Å². The van der Waals surface area contributed by atoms with E-state index in [1.165, 1.54) is 0 Å². The summed E-state index contributed by atoms with van der Waals surface area (Å²) >= 11 is 0. The van der Waals surface area contributed by atoms with Gasteiger partial charge in [-0.1, -0.05) is 5.16 Å². The summed E-state index contributed by atoms with van der Waals surface area (Å²) in [5.41, 5.74) is 0.619. The molecule has 1 saturated carbocycles. The number of anilines is 1. The summed E-state index contributed by atoms with van der Waals surface area (Å²) in [5, 5.41) is 16.7. The molecule has 1 aromatic heterocycles. The zero-order valence-electron chi connectivity index (χ0n) is 12.5. The third kappa shape index (κ3) is 2.52. The third-order valence-electron chi connectivity index (χ3n) is 4.14. The number of hydrogen-bond acceptors (Lipinski definition) is 5. The highest BCUT2D eigenvalue weighted by atomic mass is 16.5. The van der Waals surface area contributed by atoms with Crippen LogP contribution in [-0.4, -0.2) is 28.9 Å². The summed E-state index contributed by atoms with van der Waals surface area (Å²) in [6, 6.07) is 7.01. The van der Waals surface area contributed by atoms with Gasteiger partial charge in [-0.2, -0.15) is 0 Å². The Morgan fingerprint density at radius 2 is 2.05 bits per heavy atom. The Bertz CT molecular complexity index is 687. The first-order chi connectivity index (χ1) is 10.5. The van der Waals surface area contributed by atoms with E-state index in [-0.39, 0.29) is 16.9 Å².